The van der Waals surface area contributed by atoms with Gasteiger partial charge in [-0.1, -0.05) is 24.8 Å². The van der Waals surface area contributed by atoms with E-state index in [2.05, 4.69) is 24.0 Å². The number of phenolic OH excluding ortho intramolecular Hbond substituents is 1. The lowest BCUT2D eigenvalue weighted by molar-refractivity contribution is -0.385. The maximum absolute atomic E-state index is 11.2. The van der Waals surface area contributed by atoms with Crippen molar-refractivity contribution in [2.75, 3.05) is 11.9 Å². The Morgan fingerprint density at radius 3 is 2.93 bits per heavy atom. The number of hydrogen-bond acceptors (Lipinski definition) is 5. The van der Waals surface area contributed by atoms with E-state index in [1.165, 1.54) is 18.2 Å². The van der Waals surface area contributed by atoms with Crippen LogP contribution >= 0.6 is 0 Å². The lowest BCUT2D eigenvalue weighted by atomic mass is 9.76. The topological polar surface area (TPSA) is 84.6 Å². The summed E-state index contributed by atoms with van der Waals surface area (Å²) in [5.74, 6) is 1.18. The van der Waals surface area contributed by atoms with E-state index in [1.54, 1.807) is 6.08 Å². The molecular weight excluding hydrogens is 344 g/mol. The third-order valence-corrected chi connectivity index (χ3v) is 5.26. The van der Waals surface area contributed by atoms with Crippen LogP contribution in [0, 0.1) is 16.0 Å². The molecule has 2 aromatic carbocycles. The summed E-state index contributed by atoms with van der Waals surface area (Å²) in [6.45, 7) is 4.11. The molecule has 0 fully saturated rings. The minimum absolute atomic E-state index is 0.0222. The fourth-order valence-electron chi connectivity index (χ4n) is 4.03. The molecule has 1 heterocycles. The van der Waals surface area contributed by atoms with E-state index >= 15 is 0 Å². The van der Waals surface area contributed by atoms with Crippen molar-refractivity contribution in [1.29, 1.82) is 0 Å². The van der Waals surface area contributed by atoms with E-state index < -0.39 is 4.92 Å². The fourth-order valence-corrected chi connectivity index (χ4v) is 4.03. The zero-order chi connectivity index (χ0) is 19.0. The molecule has 0 radical (unpaired) electrons. The number of benzene rings is 2. The summed E-state index contributed by atoms with van der Waals surface area (Å²) in [6, 6.07) is 9.85. The smallest absolute Gasteiger partial charge is 0.270 e. The number of nitro benzene ring substituents is 1. The van der Waals surface area contributed by atoms with Crippen LogP contribution in [0.1, 0.15) is 29.5 Å². The molecule has 1 aliphatic heterocycles. The third kappa shape index (κ3) is 3.03. The Balaban J connectivity index is 1.73. The van der Waals surface area contributed by atoms with Gasteiger partial charge in [-0.25, -0.2) is 0 Å². The fraction of sp³-hybridized carbons (Fsp3) is 0.238. The minimum atomic E-state index is -0.437. The van der Waals surface area contributed by atoms with Crippen molar-refractivity contribution in [3.8, 4) is 11.5 Å². The summed E-state index contributed by atoms with van der Waals surface area (Å²) >= 11 is 0. The van der Waals surface area contributed by atoms with E-state index in [1.807, 2.05) is 18.2 Å². The van der Waals surface area contributed by atoms with Gasteiger partial charge in [-0.2, -0.15) is 0 Å². The molecule has 3 atom stereocenters. The summed E-state index contributed by atoms with van der Waals surface area (Å²) in [6.07, 6.45) is 6.84. The monoisotopic (exact) mass is 364 g/mol. The summed E-state index contributed by atoms with van der Waals surface area (Å²) in [4.78, 5) is 10.7. The molecule has 0 saturated heterocycles. The number of hydrogen-bond donors (Lipinski definition) is 2. The van der Waals surface area contributed by atoms with Gasteiger partial charge in [0.25, 0.3) is 5.69 Å². The first-order chi connectivity index (χ1) is 13.1. The van der Waals surface area contributed by atoms with Crippen LogP contribution in [-0.2, 0) is 0 Å². The minimum Gasteiger partial charge on any atom is -0.508 e. The van der Waals surface area contributed by atoms with Gasteiger partial charge in [0, 0.05) is 29.3 Å². The predicted octanol–water partition coefficient (Wildman–Crippen LogP) is 4.69. The molecule has 6 heteroatoms. The van der Waals surface area contributed by atoms with Crippen molar-refractivity contribution >= 4 is 11.4 Å². The largest absolute Gasteiger partial charge is 0.508 e. The zero-order valence-corrected chi connectivity index (χ0v) is 14.7. The number of nitrogens with zero attached hydrogens (tertiary/aromatic N) is 1. The van der Waals surface area contributed by atoms with E-state index in [-0.39, 0.29) is 29.3 Å². The van der Waals surface area contributed by atoms with Crippen molar-refractivity contribution < 1.29 is 14.8 Å². The van der Waals surface area contributed by atoms with Crippen LogP contribution in [0.15, 0.2) is 61.2 Å². The number of nitrogens with one attached hydrogen (secondary N) is 1. The SMILES string of the molecule is C=CCOc1ccc2c(c1)C1C=CCC1C(c1cc([N+](=O)[O-])ccc1O)N2. The highest BCUT2D eigenvalue weighted by Gasteiger charge is 2.39. The average molecular weight is 364 g/mol. The standard InChI is InChI=1S/C21H20N2O4/c1-2-10-27-14-7-8-19-17(12-14)15-4-3-5-16(15)21(22-19)18-11-13(23(25)26)6-9-20(18)24/h2-4,6-9,11-12,15-16,21-22,24H,1,5,10H2. The first-order valence-corrected chi connectivity index (χ1v) is 8.86. The molecule has 6 nitrogen and oxygen atoms in total. The van der Waals surface area contributed by atoms with Gasteiger partial charge >= 0.3 is 0 Å². The molecule has 0 amide bonds. The second-order valence-corrected chi connectivity index (χ2v) is 6.82. The Kier molecular flexibility index (Phi) is 4.32. The van der Waals surface area contributed by atoms with E-state index in [0.29, 0.717) is 12.2 Å². The van der Waals surface area contributed by atoms with Crippen LogP contribution in [0.25, 0.3) is 0 Å². The van der Waals surface area contributed by atoms with Crippen molar-refractivity contribution in [2.24, 2.45) is 5.92 Å². The highest BCUT2D eigenvalue weighted by atomic mass is 16.6. The molecule has 0 spiro atoms. The number of non-ortho nitro benzene ring substituents is 1. The molecule has 0 bridgehead atoms. The molecular formula is C21H20N2O4. The summed E-state index contributed by atoms with van der Waals surface area (Å²) < 4.78 is 5.66. The van der Waals surface area contributed by atoms with Gasteiger partial charge in [0.1, 0.15) is 18.1 Å². The second kappa shape index (κ2) is 6.79. The highest BCUT2D eigenvalue weighted by molar-refractivity contribution is 5.63. The number of phenols is 1. The van der Waals surface area contributed by atoms with Crippen molar-refractivity contribution in [1.82, 2.24) is 0 Å². The van der Waals surface area contributed by atoms with Gasteiger partial charge in [0.05, 0.1) is 11.0 Å². The van der Waals surface area contributed by atoms with Crippen LogP contribution in [0.5, 0.6) is 11.5 Å². The lowest BCUT2D eigenvalue weighted by Gasteiger charge is -2.37. The van der Waals surface area contributed by atoms with Crippen LogP contribution in [0.2, 0.25) is 0 Å². The van der Waals surface area contributed by atoms with Gasteiger partial charge in [-0.05, 0) is 42.2 Å². The van der Waals surface area contributed by atoms with Crippen LogP contribution in [0.3, 0.4) is 0 Å². The molecule has 2 N–H and O–H groups in total. The molecule has 0 saturated carbocycles. The maximum Gasteiger partial charge on any atom is 0.270 e. The summed E-state index contributed by atoms with van der Waals surface area (Å²) in [7, 11) is 0. The van der Waals surface area contributed by atoms with Gasteiger partial charge < -0.3 is 15.2 Å². The zero-order valence-electron chi connectivity index (χ0n) is 14.7. The first kappa shape index (κ1) is 17.1. The average Bonchev–Trinajstić information content (AvgIpc) is 3.16. The van der Waals surface area contributed by atoms with Crippen molar-refractivity contribution in [3.63, 3.8) is 0 Å². The summed E-state index contributed by atoms with van der Waals surface area (Å²) in [5.41, 5.74) is 2.62. The maximum atomic E-state index is 11.2. The van der Waals surface area contributed by atoms with Crippen molar-refractivity contribution in [3.05, 3.63) is 82.4 Å². The van der Waals surface area contributed by atoms with Crippen LogP contribution in [-0.4, -0.2) is 16.6 Å². The normalized spacial score (nSPS) is 22.4. The number of nitro groups is 1. The molecule has 138 valence electrons. The summed E-state index contributed by atoms with van der Waals surface area (Å²) in [5, 5.41) is 25.0. The Hall–Kier alpha value is -3.28. The van der Waals surface area contributed by atoms with E-state index in [9.17, 15) is 15.2 Å². The highest BCUT2D eigenvalue weighted by Crippen LogP contribution is 2.52. The quantitative estimate of drug-likeness (QED) is 0.457. The number of rotatable bonds is 5. The number of aromatic hydroxyl groups is 1. The number of anilines is 1. The van der Waals surface area contributed by atoms with Crippen LogP contribution < -0.4 is 10.1 Å². The van der Waals surface area contributed by atoms with Gasteiger partial charge in [-0.15, -0.1) is 0 Å². The third-order valence-electron chi connectivity index (χ3n) is 5.26. The van der Waals surface area contributed by atoms with Crippen LogP contribution in [0.4, 0.5) is 11.4 Å². The van der Waals surface area contributed by atoms with Gasteiger partial charge in [0.15, 0.2) is 0 Å². The molecule has 0 aromatic heterocycles. The molecule has 2 aliphatic rings. The number of ether oxygens (including phenoxy) is 1. The Labute approximate surface area is 156 Å². The van der Waals surface area contributed by atoms with E-state index in [0.717, 1.165) is 23.4 Å². The molecule has 3 unspecified atom stereocenters. The van der Waals surface area contributed by atoms with Gasteiger partial charge in [0.2, 0.25) is 0 Å². The van der Waals surface area contributed by atoms with E-state index in [4.69, 9.17) is 4.74 Å². The predicted molar refractivity (Wildman–Crippen MR) is 103 cm³/mol. The molecule has 27 heavy (non-hydrogen) atoms. The van der Waals surface area contributed by atoms with Crippen molar-refractivity contribution in [2.45, 2.75) is 18.4 Å². The molecule has 4 rings (SSSR count). The number of fused-ring (bicyclic) bond motifs is 3. The molecule has 2 aromatic rings. The van der Waals surface area contributed by atoms with Gasteiger partial charge in [-0.3, -0.25) is 10.1 Å². The Morgan fingerprint density at radius 2 is 2.15 bits per heavy atom. The second-order valence-electron chi connectivity index (χ2n) is 6.82. The molecule has 1 aliphatic carbocycles. The Morgan fingerprint density at radius 1 is 1.30 bits per heavy atom. The Bertz CT molecular complexity index is 938. The lowest BCUT2D eigenvalue weighted by Crippen LogP contribution is -2.29. The number of allylic oxidation sites excluding steroid dienone is 2. The first-order valence-electron chi connectivity index (χ1n) is 8.86.